The lowest BCUT2D eigenvalue weighted by Crippen LogP contribution is -2.11. The minimum absolute atomic E-state index is 0.461. The molecule has 0 fully saturated rings. The molecule has 0 amide bonds. The van der Waals surface area contributed by atoms with Gasteiger partial charge in [0, 0.05) is 68.2 Å². The number of nitrogens with zero attached hydrogens (tertiary/aromatic N) is 7. The molecule has 438 valence electrons. The monoisotopic (exact) mass is 1200 g/mol. The highest BCUT2D eigenvalue weighted by Gasteiger charge is 2.26. The van der Waals surface area contributed by atoms with Crippen LogP contribution in [0.25, 0.3) is 166 Å². The van der Waals surface area contributed by atoms with Crippen molar-refractivity contribution in [1.29, 1.82) is 0 Å². The summed E-state index contributed by atoms with van der Waals surface area (Å²) in [6, 6.07) is 100. The molecular formula is C86H53N7O. The van der Waals surface area contributed by atoms with Crippen molar-refractivity contribution in [2.75, 3.05) is 4.90 Å². The molecule has 0 bridgehead atoms. The summed E-state index contributed by atoms with van der Waals surface area (Å²) in [5, 5.41) is 13.7. The average Bonchev–Trinajstić information content (AvgIpc) is 1.67. The van der Waals surface area contributed by atoms with Crippen LogP contribution >= 0.6 is 0 Å². The summed E-state index contributed by atoms with van der Waals surface area (Å²) in [4.78, 5) is 27.7. The highest BCUT2D eigenvalue weighted by Crippen LogP contribution is 2.48. The van der Waals surface area contributed by atoms with Crippen LogP contribution in [0.1, 0.15) is 11.1 Å². The maximum absolute atomic E-state index is 7.31. The number of furan rings is 1. The molecule has 5 heterocycles. The second-order valence-electron chi connectivity index (χ2n) is 24.3. The molecule has 1 aliphatic rings. The van der Waals surface area contributed by atoms with Gasteiger partial charge in [-0.15, -0.1) is 0 Å². The SMILES string of the molecule is C1=Cc2ccc(N(c3cccc(-c4ccc5c6c7oc8cc9c%10ccccc%10c%10ccccc%10c9cc8c7ccc6n(-c6nc(-c7ccncc7)nc(-c7cccc(-c8ccccn8)c7)n6)c5c4)c3)c3cccc(-c4ccccc4-c4ccccc4)c3)c3cccc(c23)C1. The molecule has 8 heteroatoms. The normalized spacial score (nSPS) is 12.2. The van der Waals surface area contributed by atoms with Crippen molar-refractivity contribution in [2.45, 2.75) is 6.42 Å². The standard InChI is InChI=1S/C86H53N7O/c1-2-17-53(18-3-1)64-28-4-5-29-65(64)59-23-15-27-63(49-59)92(77-40-37-55-20-12-19-54-21-16-34-71(77)81(54)55)62-26-14-22-57(48-62)58-36-38-72-79(50-58)93(86-90-84(56-42-45-87-46-43-56)89-85(91-86)61-25-13-24-60(47-61)76-35-10-11-44-88-76)78-41-39-70-75-51-73-68-32-8-6-30-66(68)67-31-7-9-33-69(67)74(73)52-80(75)94-83(70)82(72)78/h1-18,20-52H,19H2. The topological polar surface area (TPSA) is 85.8 Å². The Labute approximate surface area is 540 Å². The van der Waals surface area contributed by atoms with Crippen molar-refractivity contribution in [2.24, 2.45) is 0 Å². The molecule has 5 aromatic heterocycles. The number of hydrogen-bond acceptors (Lipinski definition) is 7. The molecule has 8 nitrogen and oxygen atoms in total. The van der Waals surface area contributed by atoms with Gasteiger partial charge >= 0.3 is 0 Å². The predicted octanol–water partition coefficient (Wildman–Crippen LogP) is 22.3. The Hall–Kier alpha value is -12.7. The summed E-state index contributed by atoms with van der Waals surface area (Å²) in [6.45, 7) is 0. The zero-order valence-electron chi connectivity index (χ0n) is 50.7. The van der Waals surface area contributed by atoms with Gasteiger partial charge in [0.2, 0.25) is 5.95 Å². The number of allylic oxidation sites excluding steroid dienone is 1. The number of aromatic nitrogens is 6. The first-order chi connectivity index (χ1) is 46.6. The van der Waals surface area contributed by atoms with E-state index in [0.29, 0.717) is 17.6 Å². The first-order valence-corrected chi connectivity index (χ1v) is 31.8. The van der Waals surface area contributed by atoms with Crippen molar-refractivity contribution in [3.8, 4) is 73.4 Å². The predicted molar refractivity (Wildman–Crippen MR) is 387 cm³/mol. The van der Waals surface area contributed by atoms with Crippen LogP contribution in [0.2, 0.25) is 0 Å². The van der Waals surface area contributed by atoms with Gasteiger partial charge < -0.3 is 9.32 Å². The van der Waals surface area contributed by atoms with Crippen LogP contribution in [0.15, 0.2) is 308 Å². The molecule has 0 spiro atoms. The lowest BCUT2D eigenvalue weighted by molar-refractivity contribution is 0.673. The zero-order valence-corrected chi connectivity index (χ0v) is 50.7. The Balaban J connectivity index is 0.843. The van der Waals surface area contributed by atoms with Crippen molar-refractivity contribution in [3.63, 3.8) is 0 Å². The Morgan fingerprint density at radius 1 is 0.362 bits per heavy atom. The Morgan fingerprint density at radius 3 is 1.78 bits per heavy atom. The number of hydrogen-bond donors (Lipinski definition) is 0. The lowest BCUT2D eigenvalue weighted by atomic mass is 9.91. The van der Waals surface area contributed by atoms with Gasteiger partial charge in [-0.25, -0.2) is 4.98 Å². The summed E-state index contributed by atoms with van der Waals surface area (Å²) in [6.07, 6.45) is 10.8. The molecule has 18 aromatic rings. The first kappa shape index (κ1) is 53.2. The van der Waals surface area contributed by atoms with Gasteiger partial charge in [0.25, 0.3) is 0 Å². The van der Waals surface area contributed by atoms with Gasteiger partial charge in [-0.3, -0.25) is 14.5 Å². The van der Waals surface area contributed by atoms with E-state index in [1.54, 1.807) is 12.4 Å². The third-order valence-corrected chi connectivity index (χ3v) is 19.0. The van der Waals surface area contributed by atoms with Gasteiger partial charge in [0.1, 0.15) is 11.2 Å². The van der Waals surface area contributed by atoms with E-state index < -0.39 is 0 Å². The molecule has 0 aliphatic heterocycles. The third kappa shape index (κ3) is 8.65. The van der Waals surface area contributed by atoms with Crippen LogP contribution in [0.5, 0.6) is 0 Å². The molecule has 0 saturated heterocycles. The van der Waals surface area contributed by atoms with Gasteiger partial charge in [-0.1, -0.05) is 200 Å². The van der Waals surface area contributed by atoms with E-state index in [9.17, 15) is 0 Å². The van der Waals surface area contributed by atoms with Crippen molar-refractivity contribution in [3.05, 3.63) is 315 Å². The van der Waals surface area contributed by atoms with Crippen LogP contribution in [0.3, 0.4) is 0 Å². The minimum Gasteiger partial charge on any atom is -0.455 e. The van der Waals surface area contributed by atoms with Crippen molar-refractivity contribution >= 4 is 110 Å². The summed E-state index contributed by atoms with van der Waals surface area (Å²) in [5.74, 6) is 1.50. The van der Waals surface area contributed by atoms with E-state index in [4.69, 9.17) is 24.4 Å². The molecule has 1 aliphatic carbocycles. The summed E-state index contributed by atoms with van der Waals surface area (Å²) in [7, 11) is 0. The molecule has 0 unspecified atom stereocenters. The van der Waals surface area contributed by atoms with Gasteiger partial charge in [0.15, 0.2) is 11.6 Å². The number of fused-ring (bicyclic) bond motifs is 13. The second-order valence-corrected chi connectivity index (χ2v) is 24.3. The van der Waals surface area contributed by atoms with Gasteiger partial charge in [0.05, 0.1) is 27.8 Å². The van der Waals surface area contributed by atoms with Crippen molar-refractivity contribution in [1.82, 2.24) is 29.5 Å². The van der Waals surface area contributed by atoms with E-state index in [1.165, 1.54) is 65.5 Å². The summed E-state index contributed by atoms with van der Waals surface area (Å²) < 4.78 is 9.51. The van der Waals surface area contributed by atoms with Crippen LogP contribution in [0, 0.1) is 0 Å². The van der Waals surface area contributed by atoms with E-state index in [2.05, 4.69) is 269 Å². The van der Waals surface area contributed by atoms with E-state index >= 15 is 0 Å². The van der Waals surface area contributed by atoms with Crippen LogP contribution in [-0.2, 0) is 6.42 Å². The molecular weight excluding hydrogens is 1150 g/mol. The highest BCUT2D eigenvalue weighted by atomic mass is 16.3. The smallest absolute Gasteiger partial charge is 0.238 e. The number of pyridine rings is 2. The maximum Gasteiger partial charge on any atom is 0.238 e. The van der Waals surface area contributed by atoms with E-state index in [0.717, 1.165) is 112 Å². The second kappa shape index (κ2) is 21.5. The Kier molecular flexibility index (Phi) is 12.2. The highest BCUT2D eigenvalue weighted by molar-refractivity contribution is 6.30. The molecule has 0 saturated carbocycles. The molecule has 19 rings (SSSR count). The molecule has 0 radical (unpaired) electrons. The van der Waals surface area contributed by atoms with E-state index in [1.807, 2.05) is 42.6 Å². The van der Waals surface area contributed by atoms with Crippen LogP contribution in [0.4, 0.5) is 17.1 Å². The van der Waals surface area contributed by atoms with Gasteiger partial charge in [-0.05, 0) is 180 Å². The summed E-state index contributed by atoms with van der Waals surface area (Å²) in [5.41, 5.74) is 19.3. The molecule has 13 aromatic carbocycles. The lowest BCUT2D eigenvalue weighted by Gasteiger charge is -2.29. The summed E-state index contributed by atoms with van der Waals surface area (Å²) >= 11 is 0. The largest absolute Gasteiger partial charge is 0.455 e. The molecule has 94 heavy (non-hydrogen) atoms. The van der Waals surface area contributed by atoms with Crippen LogP contribution in [-0.4, -0.2) is 29.5 Å². The third-order valence-electron chi connectivity index (χ3n) is 19.0. The molecule has 0 atom stereocenters. The Bertz CT molecular complexity index is 6150. The fraction of sp³-hybridized carbons (Fsp3) is 0.0116. The number of rotatable bonds is 10. The van der Waals surface area contributed by atoms with Crippen molar-refractivity contribution < 1.29 is 4.42 Å². The van der Waals surface area contributed by atoms with Gasteiger partial charge in [-0.2, -0.15) is 9.97 Å². The van der Waals surface area contributed by atoms with Crippen LogP contribution < -0.4 is 4.90 Å². The average molecular weight is 1200 g/mol. The quantitative estimate of drug-likeness (QED) is 0.126. The number of anilines is 3. The first-order valence-electron chi connectivity index (χ1n) is 31.8. The fourth-order valence-electron chi connectivity index (χ4n) is 14.7. The van der Waals surface area contributed by atoms with E-state index in [-0.39, 0.29) is 0 Å². The minimum atomic E-state index is 0.461. The molecule has 0 N–H and O–H groups in total. The maximum atomic E-state index is 7.31. The number of benzene rings is 13. The zero-order chi connectivity index (χ0) is 61.8. The Morgan fingerprint density at radius 2 is 0.989 bits per heavy atom. The fourth-order valence-corrected chi connectivity index (χ4v) is 14.7.